The molecule has 1 saturated heterocycles. The topological polar surface area (TPSA) is 66.6 Å². The number of benzene rings is 1. The minimum Gasteiger partial charge on any atom is -0.398 e. The predicted octanol–water partition coefficient (Wildman–Crippen LogP) is 1.52. The fourth-order valence-electron chi connectivity index (χ4n) is 2.52. The van der Waals surface area contributed by atoms with Gasteiger partial charge in [0, 0.05) is 37.8 Å². The van der Waals surface area contributed by atoms with Gasteiger partial charge in [0.1, 0.15) is 0 Å². The van der Waals surface area contributed by atoms with E-state index in [0.717, 1.165) is 5.56 Å². The van der Waals surface area contributed by atoms with Crippen LogP contribution in [0.3, 0.4) is 0 Å². The number of rotatable bonds is 2. The smallest absolute Gasteiger partial charge is 0.256 e. The second-order valence-corrected chi connectivity index (χ2v) is 5.86. The van der Waals surface area contributed by atoms with Crippen molar-refractivity contribution in [3.05, 3.63) is 29.3 Å². The first kappa shape index (κ1) is 15.4. The highest BCUT2D eigenvalue weighted by atomic mass is 16.2. The van der Waals surface area contributed by atoms with Crippen LogP contribution in [0.2, 0.25) is 0 Å². The van der Waals surface area contributed by atoms with Gasteiger partial charge < -0.3 is 15.5 Å². The lowest BCUT2D eigenvalue weighted by Gasteiger charge is -2.35. The maximum Gasteiger partial charge on any atom is 0.256 e. The van der Waals surface area contributed by atoms with E-state index in [1.54, 1.807) is 11.0 Å². The lowest BCUT2D eigenvalue weighted by molar-refractivity contribution is -0.135. The quantitative estimate of drug-likeness (QED) is 0.839. The summed E-state index contributed by atoms with van der Waals surface area (Å²) in [6, 6.07) is 5.48. The summed E-state index contributed by atoms with van der Waals surface area (Å²) >= 11 is 0. The summed E-state index contributed by atoms with van der Waals surface area (Å²) in [5.41, 5.74) is 7.98. The Labute approximate surface area is 125 Å². The Morgan fingerprint density at radius 1 is 1.10 bits per heavy atom. The monoisotopic (exact) mass is 289 g/mol. The normalized spacial score (nSPS) is 15.4. The minimum atomic E-state index is -0.0483. The molecule has 0 spiro atoms. The predicted molar refractivity (Wildman–Crippen MR) is 82.9 cm³/mol. The van der Waals surface area contributed by atoms with Crippen LogP contribution in [0.5, 0.6) is 0 Å². The van der Waals surface area contributed by atoms with Crippen LogP contribution in [0.1, 0.15) is 29.8 Å². The molecule has 0 aliphatic carbocycles. The average molecular weight is 289 g/mol. The average Bonchev–Trinajstić information content (AvgIpc) is 2.48. The summed E-state index contributed by atoms with van der Waals surface area (Å²) in [5.74, 6) is 0.102. The third kappa shape index (κ3) is 3.35. The van der Waals surface area contributed by atoms with Gasteiger partial charge in [-0.2, -0.15) is 0 Å². The van der Waals surface area contributed by atoms with Gasteiger partial charge in [0.25, 0.3) is 5.91 Å². The Morgan fingerprint density at radius 3 is 2.24 bits per heavy atom. The van der Waals surface area contributed by atoms with Crippen LogP contribution in [0.15, 0.2) is 18.2 Å². The van der Waals surface area contributed by atoms with Gasteiger partial charge in [-0.1, -0.05) is 25.5 Å². The Hall–Kier alpha value is -2.04. The Morgan fingerprint density at radius 2 is 1.67 bits per heavy atom. The zero-order valence-electron chi connectivity index (χ0n) is 12.9. The van der Waals surface area contributed by atoms with Crippen molar-refractivity contribution in [2.45, 2.75) is 20.8 Å². The van der Waals surface area contributed by atoms with Gasteiger partial charge in [-0.05, 0) is 19.1 Å². The van der Waals surface area contributed by atoms with E-state index in [9.17, 15) is 9.59 Å². The summed E-state index contributed by atoms with van der Waals surface area (Å²) in [5, 5.41) is 0. The highest BCUT2D eigenvalue weighted by Gasteiger charge is 2.26. The number of hydrogen-bond acceptors (Lipinski definition) is 3. The molecule has 1 aliphatic heterocycles. The minimum absolute atomic E-state index is 0.000307. The summed E-state index contributed by atoms with van der Waals surface area (Å²) in [7, 11) is 0. The molecule has 2 rings (SSSR count). The zero-order valence-corrected chi connectivity index (χ0v) is 12.9. The summed E-state index contributed by atoms with van der Waals surface area (Å²) in [4.78, 5) is 28.1. The van der Waals surface area contributed by atoms with Crippen LogP contribution < -0.4 is 5.73 Å². The van der Waals surface area contributed by atoms with E-state index < -0.39 is 0 Å². The molecule has 1 aliphatic rings. The van der Waals surface area contributed by atoms with Crippen LogP contribution in [-0.2, 0) is 4.79 Å². The number of nitrogens with two attached hydrogens (primary N) is 1. The first-order chi connectivity index (χ1) is 9.90. The molecule has 114 valence electrons. The van der Waals surface area contributed by atoms with Crippen molar-refractivity contribution < 1.29 is 9.59 Å². The van der Waals surface area contributed by atoms with E-state index in [4.69, 9.17) is 5.73 Å². The maximum atomic E-state index is 12.5. The zero-order chi connectivity index (χ0) is 15.6. The van der Waals surface area contributed by atoms with Gasteiger partial charge >= 0.3 is 0 Å². The van der Waals surface area contributed by atoms with E-state index in [0.29, 0.717) is 37.4 Å². The van der Waals surface area contributed by atoms with Crippen LogP contribution in [-0.4, -0.2) is 47.8 Å². The lowest BCUT2D eigenvalue weighted by atomic mass is 10.1. The number of piperazine rings is 1. The first-order valence-electron chi connectivity index (χ1n) is 7.34. The number of aryl methyl sites for hydroxylation is 1. The number of hydrogen-bond donors (Lipinski definition) is 1. The standard InChI is InChI=1S/C16H23N3O2/c1-11(2)15(20)18-6-8-19(9-7-18)16(21)13-10-12(3)4-5-14(13)17/h4-5,10-11H,6-9,17H2,1-3H3. The van der Waals surface area contributed by atoms with Crippen molar-refractivity contribution >= 4 is 17.5 Å². The van der Waals surface area contributed by atoms with E-state index in [-0.39, 0.29) is 17.7 Å². The molecule has 5 heteroatoms. The summed E-state index contributed by atoms with van der Waals surface area (Å²) in [6.07, 6.45) is 0. The molecule has 1 aromatic rings. The molecular weight excluding hydrogens is 266 g/mol. The number of anilines is 1. The van der Waals surface area contributed by atoms with Crippen molar-refractivity contribution in [2.75, 3.05) is 31.9 Å². The molecule has 1 heterocycles. The van der Waals surface area contributed by atoms with E-state index in [1.165, 1.54) is 0 Å². The molecule has 1 fully saturated rings. The Bertz CT molecular complexity index is 546. The molecule has 0 bridgehead atoms. The molecule has 5 nitrogen and oxygen atoms in total. The van der Waals surface area contributed by atoms with Crippen LogP contribution in [0.4, 0.5) is 5.69 Å². The second kappa shape index (κ2) is 6.16. The van der Waals surface area contributed by atoms with Crippen LogP contribution in [0, 0.1) is 12.8 Å². The highest BCUT2D eigenvalue weighted by molar-refractivity contribution is 5.99. The second-order valence-electron chi connectivity index (χ2n) is 5.86. The molecule has 0 unspecified atom stereocenters. The fourth-order valence-corrected chi connectivity index (χ4v) is 2.52. The summed E-state index contributed by atoms with van der Waals surface area (Å²) in [6.45, 7) is 8.04. The van der Waals surface area contributed by atoms with Gasteiger partial charge in [-0.3, -0.25) is 9.59 Å². The third-order valence-corrected chi connectivity index (χ3v) is 3.81. The van der Waals surface area contributed by atoms with Gasteiger partial charge in [-0.15, -0.1) is 0 Å². The van der Waals surface area contributed by atoms with Crippen molar-refractivity contribution in [3.8, 4) is 0 Å². The highest BCUT2D eigenvalue weighted by Crippen LogP contribution is 2.17. The number of nitrogens with zero attached hydrogens (tertiary/aromatic N) is 2. The van der Waals surface area contributed by atoms with Crippen molar-refractivity contribution in [1.82, 2.24) is 9.80 Å². The summed E-state index contributed by atoms with van der Waals surface area (Å²) < 4.78 is 0. The maximum absolute atomic E-state index is 12.5. The SMILES string of the molecule is Cc1ccc(N)c(C(=O)N2CCN(C(=O)C(C)C)CC2)c1. The van der Waals surface area contributed by atoms with Crippen LogP contribution in [0.25, 0.3) is 0 Å². The largest absolute Gasteiger partial charge is 0.398 e. The van der Waals surface area contributed by atoms with Gasteiger partial charge in [0.15, 0.2) is 0 Å². The Kier molecular flexibility index (Phi) is 4.50. The lowest BCUT2D eigenvalue weighted by Crippen LogP contribution is -2.51. The number of nitrogen functional groups attached to an aromatic ring is 1. The van der Waals surface area contributed by atoms with Gasteiger partial charge in [0.2, 0.25) is 5.91 Å². The number of carbonyl (C=O) groups excluding carboxylic acids is 2. The molecule has 2 N–H and O–H groups in total. The van der Waals surface area contributed by atoms with Gasteiger partial charge in [-0.25, -0.2) is 0 Å². The van der Waals surface area contributed by atoms with Crippen LogP contribution >= 0.6 is 0 Å². The van der Waals surface area contributed by atoms with E-state index in [1.807, 2.05) is 37.8 Å². The molecule has 21 heavy (non-hydrogen) atoms. The van der Waals surface area contributed by atoms with E-state index >= 15 is 0 Å². The Balaban J connectivity index is 2.03. The molecule has 0 radical (unpaired) electrons. The van der Waals surface area contributed by atoms with Crippen molar-refractivity contribution in [1.29, 1.82) is 0 Å². The number of carbonyl (C=O) groups is 2. The third-order valence-electron chi connectivity index (χ3n) is 3.81. The number of amides is 2. The molecule has 0 atom stereocenters. The van der Waals surface area contributed by atoms with Crippen molar-refractivity contribution in [3.63, 3.8) is 0 Å². The van der Waals surface area contributed by atoms with E-state index in [2.05, 4.69) is 0 Å². The van der Waals surface area contributed by atoms with Crippen molar-refractivity contribution in [2.24, 2.45) is 5.92 Å². The molecule has 0 saturated carbocycles. The molecule has 1 aromatic carbocycles. The molecular formula is C16H23N3O2. The van der Waals surface area contributed by atoms with Gasteiger partial charge in [0.05, 0.1) is 5.56 Å². The first-order valence-corrected chi connectivity index (χ1v) is 7.34. The molecule has 0 aromatic heterocycles. The fraction of sp³-hybridized carbons (Fsp3) is 0.500. The molecule has 2 amide bonds.